The molecule has 0 fully saturated rings. The first-order valence-electron chi connectivity index (χ1n) is 9.35. The highest BCUT2D eigenvalue weighted by molar-refractivity contribution is 6.29. The van der Waals surface area contributed by atoms with Crippen LogP contribution in [0, 0.1) is 0 Å². The number of carboxylic acid groups (broad SMARTS) is 1. The number of carboxylic acids is 1. The molecule has 0 aliphatic rings. The lowest BCUT2D eigenvalue weighted by molar-refractivity contribution is -0.111. The molecule has 3 N–H and O–H groups in total. The molecule has 0 aliphatic heterocycles. The molecule has 0 spiro atoms. The third kappa shape index (κ3) is 5.05. The number of carbonyl (C=O) groups excluding carboxylic acids is 1. The molecule has 30 heavy (non-hydrogen) atoms. The largest absolute Gasteiger partial charge is 0.506 e. The summed E-state index contributed by atoms with van der Waals surface area (Å²) < 4.78 is 5.45. The van der Waals surface area contributed by atoms with Gasteiger partial charge in [0.25, 0.3) is 5.91 Å². The number of carbonyl (C=O) groups is 2. The Morgan fingerprint density at radius 2 is 1.67 bits per heavy atom. The topological polar surface area (TPSA) is 95.9 Å². The first kappa shape index (κ1) is 20.7. The number of hydrogen-bond donors (Lipinski definition) is 3. The van der Waals surface area contributed by atoms with Crippen molar-refractivity contribution in [2.24, 2.45) is 0 Å². The number of phenols is 1. The van der Waals surface area contributed by atoms with E-state index in [9.17, 15) is 14.7 Å². The summed E-state index contributed by atoms with van der Waals surface area (Å²) in [5, 5.41) is 21.8. The van der Waals surface area contributed by atoms with E-state index in [-0.39, 0.29) is 17.0 Å². The maximum atomic E-state index is 13.0. The first-order valence-corrected chi connectivity index (χ1v) is 9.35. The highest BCUT2D eigenvalue weighted by atomic mass is 16.5. The lowest BCUT2D eigenvalue weighted by atomic mass is 10.0. The summed E-state index contributed by atoms with van der Waals surface area (Å²) in [5.74, 6) is -1.18. The number of ether oxygens (including phenoxy) is 1. The zero-order chi connectivity index (χ0) is 21.5. The van der Waals surface area contributed by atoms with E-state index in [0.717, 1.165) is 17.4 Å². The molecular formula is C24H21NO5. The van der Waals surface area contributed by atoms with Gasteiger partial charge in [-0.3, -0.25) is 4.79 Å². The number of aromatic hydroxyl groups is 1. The van der Waals surface area contributed by atoms with Crippen LogP contribution < -0.4 is 10.1 Å². The monoisotopic (exact) mass is 403 g/mol. The van der Waals surface area contributed by atoms with E-state index in [0.29, 0.717) is 17.7 Å². The Bertz CT molecular complexity index is 1070. The van der Waals surface area contributed by atoms with Crippen LogP contribution in [0.1, 0.15) is 28.4 Å². The SMILES string of the molecule is CCOc1ccc(/C=C(/C(=O)Nc2ccc(C(=O)O)cc2O)c2ccccc2)cc1. The molecule has 0 aromatic heterocycles. The molecule has 0 atom stereocenters. The summed E-state index contributed by atoms with van der Waals surface area (Å²) >= 11 is 0. The number of benzene rings is 3. The van der Waals surface area contributed by atoms with Crippen LogP contribution >= 0.6 is 0 Å². The minimum Gasteiger partial charge on any atom is -0.506 e. The first-order chi connectivity index (χ1) is 14.5. The summed E-state index contributed by atoms with van der Waals surface area (Å²) in [4.78, 5) is 24.1. The maximum absolute atomic E-state index is 13.0. The normalized spacial score (nSPS) is 11.0. The van der Waals surface area contributed by atoms with E-state index >= 15 is 0 Å². The van der Waals surface area contributed by atoms with Gasteiger partial charge in [0.1, 0.15) is 11.5 Å². The average molecular weight is 403 g/mol. The predicted molar refractivity (Wildman–Crippen MR) is 116 cm³/mol. The van der Waals surface area contributed by atoms with Crippen molar-refractivity contribution in [1.82, 2.24) is 0 Å². The van der Waals surface area contributed by atoms with Crippen LogP contribution in [0.15, 0.2) is 72.8 Å². The van der Waals surface area contributed by atoms with Crippen LogP contribution in [0.2, 0.25) is 0 Å². The number of anilines is 1. The van der Waals surface area contributed by atoms with Gasteiger partial charge in [-0.05, 0) is 54.5 Å². The van der Waals surface area contributed by atoms with Crippen molar-refractivity contribution < 1.29 is 24.5 Å². The van der Waals surface area contributed by atoms with Gasteiger partial charge in [0.2, 0.25) is 0 Å². The van der Waals surface area contributed by atoms with Crippen molar-refractivity contribution in [1.29, 1.82) is 0 Å². The van der Waals surface area contributed by atoms with Crippen molar-refractivity contribution >= 4 is 29.2 Å². The highest BCUT2D eigenvalue weighted by Crippen LogP contribution is 2.27. The van der Waals surface area contributed by atoms with Crippen LogP contribution in [0.4, 0.5) is 5.69 Å². The number of nitrogens with one attached hydrogen (secondary N) is 1. The third-order valence-corrected chi connectivity index (χ3v) is 4.32. The molecule has 6 nitrogen and oxygen atoms in total. The molecule has 0 radical (unpaired) electrons. The molecule has 3 aromatic rings. The Morgan fingerprint density at radius 3 is 2.27 bits per heavy atom. The second-order valence-electron chi connectivity index (χ2n) is 6.42. The van der Waals surface area contributed by atoms with Crippen LogP contribution in [0.5, 0.6) is 11.5 Å². The average Bonchev–Trinajstić information content (AvgIpc) is 2.75. The molecule has 0 heterocycles. The zero-order valence-corrected chi connectivity index (χ0v) is 16.3. The van der Waals surface area contributed by atoms with E-state index in [1.807, 2.05) is 61.5 Å². The minimum atomic E-state index is -1.16. The molecule has 6 heteroatoms. The summed E-state index contributed by atoms with van der Waals surface area (Å²) in [6.45, 7) is 2.47. The molecule has 0 bridgehead atoms. The van der Waals surface area contributed by atoms with Gasteiger partial charge in [0, 0.05) is 5.57 Å². The Labute approximate surface area is 174 Å². The van der Waals surface area contributed by atoms with Crippen molar-refractivity contribution in [2.75, 3.05) is 11.9 Å². The van der Waals surface area contributed by atoms with Crippen LogP contribution in [-0.2, 0) is 4.79 Å². The van der Waals surface area contributed by atoms with E-state index in [2.05, 4.69) is 5.32 Å². The fraction of sp³-hybridized carbons (Fsp3) is 0.0833. The van der Waals surface area contributed by atoms with Crippen molar-refractivity contribution in [3.8, 4) is 11.5 Å². The molecule has 3 rings (SSSR count). The second kappa shape index (κ2) is 9.43. The Kier molecular flexibility index (Phi) is 6.49. The van der Waals surface area contributed by atoms with Gasteiger partial charge >= 0.3 is 5.97 Å². The van der Waals surface area contributed by atoms with Crippen LogP contribution in [0.3, 0.4) is 0 Å². The smallest absolute Gasteiger partial charge is 0.335 e. The van der Waals surface area contributed by atoms with Crippen molar-refractivity contribution in [3.63, 3.8) is 0 Å². The number of aromatic carboxylic acids is 1. The van der Waals surface area contributed by atoms with Crippen LogP contribution in [0.25, 0.3) is 11.6 Å². The Morgan fingerprint density at radius 1 is 0.967 bits per heavy atom. The van der Waals surface area contributed by atoms with Gasteiger partial charge < -0.3 is 20.3 Å². The molecule has 0 saturated heterocycles. The lowest BCUT2D eigenvalue weighted by Crippen LogP contribution is -2.14. The highest BCUT2D eigenvalue weighted by Gasteiger charge is 2.15. The molecular weight excluding hydrogens is 382 g/mol. The van der Waals surface area contributed by atoms with Gasteiger partial charge in [-0.25, -0.2) is 4.79 Å². The Balaban J connectivity index is 1.93. The van der Waals surface area contributed by atoms with Gasteiger partial charge in [-0.1, -0.05) is 42.5 Å². The number of hydrogen-bond acceptors (Lipinski definition) is 4. The maximum Gasteiger partial charge on any atom is 0.335 e. The zero-order valence-electron chi connectivity index (χ0n) is 16.3. The molecule has 0 aliphatic carbocycles. The summed E-state index contributed by atoms with van der Waals surface area (Å²) in [5.41, 5.74) is 1.95. The molecule has 0 unspecified atom stereocenters. The summed E-state index contributed by atoms with van der Waals surface area (Å²) in [6.07, 6.45) is 1.74. The predicted octanol–water partition coefficient (Wildman–Crippen LogP) is 4.67. The van der Waals surface area contributed by atoms with Crippen molar-refractivity contribution in [3.05, 3.63) is 89.5 Å². The number of amides is 1. The van der Waals surface area contributed by atoms with Gasteiger partial charge in [0.15, 0.2) is 0 Å². The fourth-order valence-corrected chi connectivity index (χ4v) is 2.85. The summed E-state index contributed by atoms with van der Waals surface area (Å²) in [7, 11) is 0. The minimum absolute atomic E-state index is 0.0706. The second-order valence-corrected chi connectivity index (χ2v) is 6.42. The van der Waals surface area contributed by atoms with Gasteiger partial charge in [-0.15, -0.1) is 0 Å². The Hall–Kier alpha value is -4.06. The van der Waals surface area contributed by atoms with E-state index in [1.54, 1.807) is 6.08 Å². The van der Waals surface area contributed by atoms with Gasteiger partial charge in [-0.2, -0.15) is 0 Å². The van der Waals surface area contributed by atoms with E-state index < -0.39 is 11.9 Å². The fourth-order valence-electron chi connectivity index (χ4n) is 2.85. The van der Waals surface area contributed by atoms with Crippen molar-refractivity contribution in [2.45, 2.75) is 6.92 Å². The third-order valence-electron chi connectivity index (χ3n) is 4.32. The van der Waals surface area contributed by atoms with Crippen LogP contribution in [-0.4, -0.2) is 28.7 Å². The molecule has 0 saturated carbocycles. The molecule has 152 valence electrons. The summed E-state index contributed by atoms with van der Waals surface area (Å²) in [6, 6.07) is 20.2. The van der Waals surface area contributed by atoms with E-state index in [1.165, 1.54) is 12.1 Å². The lowest BCUT2D eigenvalue weighted by Gasteiger charge is -2.12. The standard InChI is InChI=1S/C24H21NO5/c1-2-30-19-11-8-16(9-12-19)14-20(17-6-4-3-5-7-17)23(27)25-21-13-10-18(24(28)29)15-22(21)26/h3-15,26H,2H2,1H3,(H,25,27)(H,28,29)/b20-14+. The molecule has 1 amide bonds. The quantitative estimate of drug-likeness (QED) is 0.303. The molecule has 3 aromatic carbocycles. The number of rotatable bonds is 7. The van der Waals surface area contributed by atoms with Gasteiger partial charge in [0.05, 0.1) is 17.9 Å². The van der Waals surface area contributed by atoms with E-state index in [4.69, 9.17) is 9.84 Å². The number of phenolic OH excluding ortho intramolecular Hbond substituents is 1.